The van der Waals surface area contributed by atoms with Crippen LogP contribution in [0, 0.1) is 5.92 Å². The molecule has 3 nitrogen and oxygen atoms in total. The van der Waals surface area contributed by atoms with E-state index in [1.54, 1.807) is 0 Å². The van der Waals surface area contributed by atoms with Gasteiger partial charge in [0.25, 0.3) is 0 Å². The van der Waals surface area contributed by atoms with Gasteiger partial charge in [-0.2, -0.15) is 0 Å². The van der Waals surface area contributed by atoms with Crippen LogP contribution in [-0.2, 0) is 16.8 Å². The van der Waals surface area contributed by atoms with Crippen LogP contribution in [0.15, 0.2) is 12.1 Å². The van der Waals surface area contributed by atoms with Gasteiger partial charge >= 0.3 is 5.97 Å². The maximum absolute atomic E-state index is 10.7. The van der Waals surface area contributed by atoms with Gasteiger partial charge in [-0.15, -0.1) is 11.3 Å². The van der Waals surface area contributed by atoms with Gasteiger partial charge < -0.3 is 5.11 Å². The Morgan fingerprint density at radius 1 is 1.47 bits per heavy atom. The molecule has 0 aromatic carbocycles. The normalized spacial score (nSPS) is 20.9. The van der Waals surface area contributed by atoms with Crippen LogP contribution < -0.4 is 0 Å². The van der Waals surface area contributed by atoms with Crippen LogP contribution in [0.3, 0.4) is 0 Å². The summed E-state index contributed by atoms with van der Waals surface area (Å²) in [4.78, 5) is 15.9. The van der Waals surface area contributed by atoms with E-state index in [0.29, 0.717) is 12.3 Å². The standard InChI is InChI=1S/C15H23NO2S/c1-15(2,3)13-5-4-12(19-13)10-16-7-6-11(9-16)8-14(17)18/h4-5,11H,6-10H2,1-3H3,(H,17,18). The van der Waals surface area contributed by atoms with E-state index >= 15 is 0 Å². The molecule has 1 atom stereocenters. The highest BCUT2D eigenvalue weighted by Crippen LogP contribution is 2.31. The van der Waals surface area contributed by atoms with E-state index < -0.39 is 5.97 Å². The van der Waals surface area contributed by atoms with Crippen molar-refractivity contribution in [3.05, 3.63) is 21.9 Å². The fourth-order valence-electron chi connectivity index (χ4n) is 2.56. The quantitative estimate of drug-likeness (QED) is 0.920. The first-order chi connectivity index (χ1) is 8.84. The van der Waals surface area contributed by atoms with Gasteiger partial charge in [-0.05, 0) is 36.4 Å². The summed E-state index contributed by atoms with van der Waals surface area (Å²) in [5.74, 6) is -0.336. The highest BCUT2D eigenvalue weighted by molar-refractivity contribution is 7.12. The van der Waals surface area contributed by atoms with Gasteiger partial charge in [-0.1, -0.05) is 20.8 Å². The Labute approximate surface area is 119 Å². The minimum absolute atomic E-state index is 0.222. The number of hydrogen-bond donors (Lipinski definition) is 1. The topological polar surface area (TPSA) is 40.5 Å². The molecule has 0 aliphatic carbocycles. The first-order valence-corrected chi connectivity index (χ1v) is 7.69. The molecule has 0 amide bonds. The lowest BCUT2D eigenvalue weighted by molar-refractivity contribution is -0.138. The van der Waals surface area contributed by atoms with Crippen molar-refractivity contribution in [2.75, 3.05) is 13.1 Å². The molecule has 2 heterocycles. The molecule has 0 bridgehead atoms. The number of likely N-dealkylation sites (tertiary alicyclic amines) is 1. The molecule has 1 aromatic heterocycles. The minimum Gasteiger partial charge on any atom is -0.481 e. The van der Waals surface area contributed by atoms with Gasteiger partial charge in [0.05, 0.1) is 0 Å². The molecule has 0 spiro atoms. The maximum Gasteiger partial charge on any atom is 0.303 e. The molecular formula is C15H23NO2S. The molecule has 1 aromatic rings. The van der Waals surface area contributed by atoms with Crippen molar-refractivity contribution in [3.63, 3.8) is 0 Å². The second-order valence-electron chi connectivity index (χ2n) is 6.50. The van der Waals surface area contributed by atoms with Gasteiger partial charge in [0.2, 0.25) is 0 Å². The molecule has 0 saturated carbocycles. The molecule has 106 valence electrons. The van der Waals surface area contributed by atoms with E-state index in [0.717, 1.165) is 26.1 Å². The number of nitrogens with zero attached hydrogens (tertiary/aromatic N) is 1. The maximum atomic E-state index is 10.7. The summed E-state index contributed by atoms with van der Waals surface area (Å²) in [5.41, 5.74) is 0.222. The van der Waals surface area contributed by atoms with Crippen LogP contribution in [0.2, 0.25) is 0 Å². The summed E-state index contributed by atoms with van der Waals surface area (Å²) in [6.45, 7) is 9.64. The zero-order valence-corrected chi connectivity index (χ0v) is 12.8. The van der Waals surface area contributed by atoms with Crippen molar-refractivity contribution in [2.45, 2.75) is 45.6 Å². The molecule has 1 unspecified atom stereocenters. The van der Waals surface area contributed by atoms with E-state index in [1.165, 1.54) is 9.75 Å². The predicted molar refractivity (Wildman–Crippen MR) is 78.7 cm³/mol. The minimum atomic E-state index is -0.669. The molecule has 2 rings (SSSR count). The van der Waals surface area contributed by atoms with E-state index in [2.05, 4.69) is 37.8 Å². The Balaban J connectivity index is 1.89. The number of carboxylic acids is 1. The van der Waals surface area contributed by atoms with Crippen molar-refractivity contribution in [1.82, 2.24) is 4.90 Å². The monoisotopic (exact) mass is 281 g/mol. The lowest BCUT2D eigenvalue weighted by Crippen LogP contribution is -2.20. The highest BCUT2D eigenvalue weighted by atomic mass is 32.1. The van der Waals surface area contributed by atoms with Crippen molar-refractivity contribution in [3.8, 4) is 0 Å². The average molecular weight is 281 g/mol. The van der Waals surface area contributed by atoms with Crippen LogP contribution in [0.1, 0.15) is 43.4 Å². The molecule has 1 aliphatic heterocycles. The zero-order valence-electron chi connectivity index (χ0n) is 12.0. The Hall–Kier alpha value is -0.870. The Kier molecular flexibility index (Phi) is 4.31. The van der Waals surface area contributed by atoms with E-state index in [9.17, 15) is 4.79 Å². The first-order valence-electron chi connectivity index (χ1n) is 6.88. The van der Waals surface area contributed by atoms with Crippen LogP contribution in [0.5, 0.6) is 0 Å². The number of thiophene rings is 1. The second kappa shape index (κ2) is 5.63. The second-order valence-corrected chi connectivity index (χ2v) is 7.67. The molecule has 0 radical (unpaired) electrons. The average Bonchev–Trinajstić information content (AvgIpc) is 2.86. The van der Waals surface area contributed by atoms with Crippen LogP contribution in [0.4, 0.5) is 0 Å². The van der Waals surface area contributed by atoms with Crippen molar-refractivity contribution in [2.24, 2.45) is 5.92 Å². The summed E-state index contributed by atoms with van der Waals surface area (Å²) in [6, 6.07) is 4.45. The molecule has 1 fully saturated rings. The Morgan fingerprint density at radius 2 is 2.21 bits per heavy atom. The molecule has 4 heteroatoms. The molecule has 19 heavy (non-hydrogen) atoms. The lowest BCUT2D eigenvalue weighted by Gasteiger charge is -2.16. The van der Waals surface area contributed by atoms with Gasteiger partial charge in [-0.25, -0.2) is 0 Å². The van der Waals surface area contributed by atoms with Crippen LogP contribution in [0.25, 0.3) is 0 Å². The Bertz CT molecular complexity index is 447. The SMILES string of the molecule is CC(C)(C)c1ccc(CN2CCC(CC(=O)O)C2)s1. The molecule has 1 N–H and O–H groups in total. The number of carboxylic acid groups (broad SMARTS) is 1. The smallest absolute Gasteiger partial charge is 0.303 e. The van der Waals surface area contributed by atoms with Gasteiger partial charge in [0.1, 0.15) is 0 Å². The number of carbonyl (C=O) groups is 1. The summed E-state index contributed by atoms with van der Waals surface area (Å²) in [7, 11) is 0. The first kappa shape index (κ1) is 14.5. The van der Waals surface area contributed by atoms with E-state index in [4.69, 9.17) is 5.11 Å². The molecule has 1 aliphatic rings. The molecule has 1 saturated heterocycles. The van der Waals surface area contributed by atoms with Crippen molar-refractivity contribution >= 4 is 17.3 Å². The van der Waals surface area contributed by atoms with Gasteiger partial charge in [0, 0.05) is 29.3 Å². The predicted octanol–water partition coefficient (Wildman–Crippen LogP) is 3.34. The van der Waals surface area contributed by atoms with E-state index in [1.807, 2.05) is 11.3 Å². The largest absolute Gasteiger partial charge is 0.481 e. The van der Waals surface area contributed by atoms with Crippen LogP contribution >= 0.6 is 11.3 Å². The summed E-state index contributed by atoms with van der Waals surface area (Å²) in [6.07, 6.45) is 1.33. The van der Waals surface area contributed by atoms with Crippen molar-refractivity contribution < 1.29 is 9.90 Å². The van der Waals surface area contributed by atoms with Crippen LogP contribution in [-0.4, -0.2) is 29.1 Å². The number of hydrogen-bond acceptors (Lipinski definition) is 3. The third-order valence-corrected chi connectivity index (χ3v) is 5.11. The van der Waals surface area contributed by atoms with Crippen molar-refractivity contribution in [1.29, 1.82) is 0 Å². The van der Waals surface area contributed by atoms with Gasteiger partial charge in [0.15, 0.2) is 0 Å². The third kappa shape index (κ3) is 4.05. The lowest BCUT2D eigenvalue weighted by atomic mass is 9.95. The number of rotatable bonds is 4. The summed E-state index contributed by atoms with van der Waals surface area (Å²) < 4.78 is 0. The number of aliphatic carboxylic acids is 1. The van der Waals surface area contributed by atoms with E-state index in [-0.39, 0.29) is 5.41 Å². The fraction of sp³-hybridized carbons (Fsp3) is 0.667. The third-order valence-electron chi connectivity index (χ3n) is 3.61. The Morgan fingerprint density at radius 3 is 2.79 bits per heavy atom. The highest BCUT2D eigenvalue weighted by Gasteiger charge is 2.25. The summed E-state index contributed by atoms with van der Waals surface area (Å²) >= 11 is 1.88. The fourth-order valence-corrected chi connectivity index (χ4v) is 3.66. The summed E-state index contributed by atoms with van der Waals surface area (Å²) in [5, 5.41) is 8.83. The molecular weight excluding hydrogens is 258 g/mol. The van der Waals surface area contributed by atoms with Gasteiger partial charge in [-0.3, -0.25) is 9.69 Å². The zero-order chi connectivity index (χ0) is 14.0.